The molecule has 10 heteroatoms. The molecule has 0 spiro atoms. The van der Waals surface area contributed by atoms with Gasteiger partial charge >= 0.3 is 27.2 Å². The second-order valence-corrected chi connectivity index (χ2v) is 7.15. The van der Waals surface area contributed by atoms with E-state index in [0.29, 0.717) is 4.57 Å². The van der Waals surface area contributed by atoms with Crippen LogP contribution in [0.15, 0.2) is 70.0 Å². The predicted molar refractivity (Wildman–Crippen MR) is 100 cm³/mol. The molecule has 0 amide bonds. The maximum atomic E-state index is 12.4. The third kappa shape index (κ3) is 4.73. The summed E-state index contributed by atoms with van der Waals surface area (Å²) in [5, 5.41) is 0. The van der Waals surface area contributed by atoms with Crippen molar-refractivity contribution in [3.05, 3.63) is 87.1 Å². The average Bonchev–Trinajstić information content (AvgIpc) is 2.62. The van der Waals surface area contributed by atoms with Crippen LogP contribution in [0.4, 0.5) is 0 Å². The summed E-state index contributed by atoms with van der Waals surface area (Å²) in [6, 6.07) is 7.84. The molecule has 0 N–H and O–H groups in total. The molecule has 0 fully saturated rings. The molecule has 2 aromatic rings. The molecule has 27 heavy (non-hydrogen) atoms. The summed E-state index contributed by atoms with van der Waals surface area (Å²) in [6.45, 7) is 6.22. The van der Waals surface area contributed by atoms with Gasteiger partial charge in [0.25, 0.3) is 0 Å². The molecule has 0 aliphatic carbocycles. The van der Waals surface area contributed by atoms with Crippen LogP contribution in [0, 0.1) is 0 Å². The number of nitrogens with zero attached hydrogens (tertiary/aromatic N) is 3. The van der Waals surface area contributed by atoms with E-state index in [1.807, 2.05) is 0 Å². The zero-order chi connectivity index (χ0) is 20.0. The molecule has 2 rings (SSSR count). The Morgan fingerprint density at radius 3 is 1.81 bits per heavy atom. The number of rotatable bonds is 9. The molecule has 144 valence electrons. The highest BCUT2D eigenvalue weighted by Crippen LogP contribution is 2.11. The Bertz CT molecular complexity index is 1060. The van der Waals surface area contributed by atoms with Gasteiger partial charge in [-0.3, -0.25) is 0 Å². The molecule has 1 aromatic heterocycles. The fourth-order valence-corrected chi connectivity index (χ4v) is 3.21. The topological polar surface area (TPSA) is 109 Å². The van der Waals surface area contributed by atoms with E-state index in [9.17, 15) is 22.8 Å². The Morgan fingerprint density at radius 2 is 1.33 bits per heavy atom. The lowest BCUT2D eigenvalue weighted by Gasteiger charge is -2.12. The van der Waals surface area contributed by atoms with Gasteiger partial charge in [0.15, 0.2) is 0 Å². The van der Waals surface area contributed by atoms with Gasteiger partial charge in [-0.25, -0.2) is 28.1 Å². The first-order valence-electron chi connectivity index (χ1n) is 7.94. The summed E-state index contributed by atoms with van der Waals surface area (Å²) < 4.78 is 31.5. The van der Waals surface area contributed by atoms with Crippen LogP contribution in [0.2, 0.25) is 0 Å². The third-order valence-electron chi connectivity index (χ3n) is 3.54. The van der Waals surface area contributed by atoms with Crippen molar-refractivity contribution >= 4 is 10.1 Å². The van der Waals surface area contributed by atoms with Crippen molar-refractivity contribution in [2.24, 2.45) is 0 Å². The van der Waals surface area contributed by atoms with E-state index in [1.165, 1.54) is 24.3 Å². The van der Waals surface area contributed by atoms with Crippen LogP contribution in [-0.2, 0) is 29.8 Å². The van der Waals surface area contributed by atoms with Crippen molar-refractivity contribution in [1.29, 1.82) is 0 Å². The first kappa shape index (κ1) is 20.2. The highest BCUT2D eigenvalue weighted by Gasteiger charge is 2.18. The summed E-state index contributed by atoms with van der Waals surface area (Å²) in [7, 11) is -4.06. The predicted octanol–water partition coefficient (Wildman–Crippen LogP) is -0.0475. The van der Waals surface area contributed by atoms with Crippen molar-refractivity contribution in [3.63, 3.8) is 0 Å². The lowest BCUT2D eigenvalue weighted by atomic mass is 10.3. The van der Waals surface area contributed by atoms with Gasteiger partial charge in [0.2, 0.25) is 0 Å². The molecule has 1 heterocycles. The molecular weight excluding hydrogens is 374 g/mol. The average molecular weight is 393 g/mol. The fraction of sp³-hybridized carbons (Fsp3) is 0.235. The Labute approximate surface area is 155 Å². The van der Waals surface area contributed by atoms with E-state index in [4.69, 9.17) is 4.18 Å². The number of para-hydroxylation sites is 1. The zero-order valence-corrected chi connectivity index (χ0v) is 15.3. The van der Waals surface area contributed by atoms with Gasteiger partial charge in [0.05, 0.1) is 13.1 Å². The third-order valence-corrected chi connectivity index (χ3v) is 4.67. The van der Waals surface area contributed by atoms with E-state index >= 15 is 0 Å². The van der Waals surface area contributed by atoms with E-state index in [0.717, 1.165) is 9.13 Å². The summed E-state index contributed by atoms with van der Waals surface area (Å²) >= 11 is 0. The molecule has 1 aromatic carbocycles. The number of aromatic nitrogens is 3. The SMILES string of the molecule is C=CCn1c(=O)n(CC=C)c(=O)n(CCS(=O)(=O)Oc2ccccc2)c1=O. The highest BCUT2D eigenvalue weighted by molar-refractivity contribution is 7.87. The molecular formula is C17H19N3O6S. The normalized spacial score (nSPS) is 11.1. The minimum atomic E-state index is -4.06. The smallest absolute Gasteiger partial charge is 0.336 e. The van der Waals surface area contributed by atoms with Gasteiger partial charge in [0.1, 0.15) is 11.5 Å². The van der Waals surface area contributed by atoms with Crippen LogP contribution in [0.3, 0.4) is 0 Å². The fourth-order valence-electron chi connectivity index (χ4n) is 2.31. The minimum Gasteiger partial charge on any atom is -0.382 e. The minimum absolute atomic E-state index is 0.116. The van der Waals surface area contributed by atoms with E-state index in [1.54, 1.807) is 18.2 Å². The summed E-state index contributed by atoms with van der Waals surface area (Å²) in [4.78, 5) is 37.1. The van der Waals surface area contributed by atoms with Crippen LogP contribution in [0.25, 0.3) is 0 Å². The summed E-state index contributed by atoms with van der Waals surface area (Å²) in [5.74, 6) is -0.511. The van der Waals surface area contributed by atoms with Crippen molar-refractivity contribution in [1.82, 2.24) is 13.7 Å². The molecule has 0 saturated carbocycles. The largest absolute Gasteiger partial charge is 0.382 e. The Morgan fingerprint density at radius 1 is 0.852 bits per heavy atom. The molecule has 0 bridgehead atoms. The molecule has 0 aliphatic heterocycles. The highest BCUT2D eigenvalue weighted by atomic mass is 32.2. The number of allylic oxidation sites excluding steroid dienone is 2. The molecule has 0 saturated heterocycles. The monoisotopic (exact) mass is 393 g/mol. The first-order valence-corrected chi connectivity index (χ1v) is 9.52. The van der Waals surface area contributed by atoms with Gasteiger partial charge < -0.3 is 4.18 Å². The molecule has 0 atom stereocenters. The van der Waals surface area contributed by atoms with Gasteiger partial charge in [-0.15, -0.1) is 13.2 Å². The summed E-state index contributed by atoms with van der Waals surface area (Å²) in [5.41, 5.74) is -2.65. The van der Waals surface area contributed by atoms with Gasteiger partial charge in [-0.1, -0.05) is 30.4 Å². The van der Waals surface area contributed by atoms with Crippen LogP contribution in [-0.4, -0.2) is 27.9 Å². The van der Waals surface area contributed by atoms with Gasteiger partial charge in [0, 0.05) is 6.54 Å². The Balaban J connectivity index is 2.39. The Hall–Kier alpha value is -3.14. The van der Waals surface area contributed by atoms with Crippen LogP contribution >= 0.6 is 0 Å². The van der Waals surface area contributed by atoms with Crippen molar-refractivity contribution < 1.29 is 12.6 Å². The quantitative estimate of drug-likeness (QED) is 0.437. The maximum absolute atomic E-state index is 12.4. The standard InChI is InChI=1S/C17H19N3O6S/c1-3-10-18-15(21)19(11-4-2)17(23)20(16(18)22)12-13-27(24,25)26-14-8-6-5-7-9-14/h3-9H,1-2,10-13H2. The van der Waals surface area contributed by atoms with Crippen LogP contribution in [0.1, 0.15) is 0 Å². The van der Waals surface area contributed by atoms with E-state index in [-0.39, 0.29) is 18.8 Å². The van der Waals surface area contributed by atoms with Gasteiger partial charge in [-0.2, -0.15) is 8.42 Å². The lowest BCUT2D eigenvalue weighted by molar-refractivity contribution is 0.464. The zero-order valence-electron chi connectivity index (χ0n) is 14.5. The number of hydrogen-bond acceptors (Lipinski definition) is 6. The second kappa shape index (κ2) is 8.49. The second-order valence-electron chi connectivity index (χ2n) is 5.46. The van der Waals surface area contributed by atoms with Crippen molar-refractivity contribution in [2.75, 3.05) is 5.75 Å². The van der Waals surface area contributed by atoms with Crippen molar-refractivity contribution in [2.45, 2.75) is 19.6 Å². The first-order chi connectivity index (χ1) is 12.8. The number of hydrogen-bond donors (Lipinski definition) is 0. The lowest BCUT2D eigenvalue weighted by Crippen LogP contribution is -2.54. The Kier molecular flexibility index (Phi) is 6.35. The maximum Gasteiger partial charge on any atom is 0.336 e. The van der Waals surface area contributed by atoms with E-state index in [2.05, 4.69) is 13.2 Å². The molecule has 9 nitrogen and oxygen atoms in total. The molecule has 0 radical (unpaired) electrons. The van der Waals surface area contributed by atoms with E-state index < -0.39 is 39.5 Å². The molecule has 0 unspecified atom stereocenters. The number of benzene rings is 1. The van der Waals surface area contributed by atoms with Crippen molar-refractivity contribution in [3.8, 4) is 5.75 Å². The molecule has 0 aliphatic rings. The summed E-state index contributed by atoms with van der Waals surface area (Å²) in [6.07, 6.45) is 2.65. The van der Waals surface area contributed by atoms with Gasteiger partial charge in [-0.05, 0) is 12.1 Å². The van der Waals surface area contributed by atoms with Crippen LogP contribution < -0.4 is 21.3 Å². The van der Waals surface area contributed by atoms with Crippen LogP contribution in [0.5, 0.6) is 5.75 Å².